The van der Waals surface area contributed by atoms with Crippen molar-refractivity contribution in [2.45, 2.75) is 13.8 Å². The van der Waals surface area contributed by atoms with Crippen molar-refractivity contribution < 1.29 is 9.59 Å². The normalized spacial score (nSPS) is 15.9. The van der Waals surface area contributed by atoms with Gasteiger partial charge in [0.25, 0.3) is 11.8 Å². The van der Waals surface area contributed by atoms with Gasteiger partial charge in [0, 0.05) is 22.5 Å². The van der Waals surface area contributed by atoms with Crippen LogP contribution in [-0.2, 0) is 9.59 Å². The molecule has 54 heavy (non-hydrogen) atoms. The average molecular weight is 705 g/mol. The molecule has 2 aliphatic rings. The van der Waals surface area contributed by atoms with Crippen LogP contribution in [-0.4, -0.2) is 23.2 Å². The van der Waals surface area contributed by atoms with Gasteiger partial charge in [0.1, 0.15) is 0 Å². The molecule has 6 aromatic carbocycles. The van der Waals surface area contributed by atoms with Crippen molar-refractivity contribution in [1.29, 1.82) is 0 Å². The van der Waals surface area contributed by atoms with Crippen molar-refractivity contribution in [3.63, 3.8) is 0 Å². The first-order valence-corrected chi connectivity index (χ1v) is 17.7. The lowest BCUT2D eigenvalue weighted by Gasteiger charge is -2.21. The van der Waals surface area contributed by atoms with Gasteiger partial charge in [0.2, 0.25) is 0 Å². The number of para-hydroxylation sites is 4. The number of anilines is 4. The summed E-state index contributed by atoms with van der Waals surface area (Å²) < 4.78 is 0. The Morgan fingerprint density at radius 2 is 0.741 bits per heavy atom. The second kappa shape index (κ2) is 14.7. The number of amides is 2. The maximum atomic E-state index is 14.1. The third kappa shape index (κ3) is 6.48. The highest BCUT2D eigenvalue weighted by atomic mass is 16.2. The molecule has 0 saturated carbocycles. The van der Waals surface area contributed by atoms with Crippen LogP contribution in [0.1, 0.15) is 25.0 Å². The van der Waals surface area contributed by atoms with Crippen molar-refractivity contribution in [3.8, 4) is 11.1 Å². The molecule has 262 valence electrons. The summed E-state index contributed by atoms with van der Waals surface area (Å²) in [5, 5.41) is 19.6. The molecule has 0 saturated heterocycles. The van der Waals surface area contributed by atoms with E-state index in [-0.39, 0.29) is 11.8 Å². The minimum atomic E-state index is -0.216. The van der Waals surface area contributed by atoms with Gasteiger partial charge >= 0.3 is 0 Å². The molecule has 0 spiro atoms. The summed E-state index contributed by atoms with van der Waals surface area (Å²) in [7, 11) is 0. The number of rotatable bonds is 9. The Bertz CT molecular complexity index is 2310. The number of benzene rings is 6. The van der Waals surface area contributed by atoms with Gasteiger partial charge in [0.05, 0.1) is 45.3 Å². The van der Waals surface area contributed by atoms with Crippen LogP contribution in [0.3, 0.4) is 0 Å². The summed E-state index contributed by atoms with van der Waals surface area (Å²) in [4.78, 5) is 28.3. The molecule has 2 amide bonds. The minimum absolute atomic E-state index is 0.216. The van der Waals surface area contributed by atoms with Crippen LogP contribution in [0.4, 0.5) is 22.7 Å². The van der Waals surface area contributed by atoms with Crippen LogP contribution in [0.5, 0.6) is 0 Å². The van der Waals surface area contributed by atoms with E-state index >= 15 is 0 Å². The van der Waals surface area contributed by atoms with Gasteiger partial charge in [-0.3, -0.25) is 9.59 Å². The molecule has 2 heterocycles. The lowest BCUT2D eigenvalue weighted by Crippen LogP contribution is -2.23. The summed E-state index contributed by atoms with van der Waals surface area (Å²) >= 11 is 0. The molecule has 0 aromatic heterocycles. The number of nitrogens with one attached hydrogen (secondary N) is 2. The Kier molecular flexibility index (Phi) is 9.22. The van der Waals surface area contributed by atoms with E-state index in [0.29, 0.717) is 45.3 Å². The molecule has 8 nitrogen and oxygen atoms in total. The highest BCUT2D eigenvalue weighted by molar-refractivity contribution is 6.35. The first-order chi connectivity index (χ1) is 26.5. The molecule has 0 unspecified atom stereocenters. The maximum Gasteiger partial charge on any atom is 0.282 e. The van der Waals surface area contributed by atoms with Crippen molar-refractivity contribution in [3.05, 3.63) is 192 Å². The number of hydrogen-bond acceptors (Lipinski definition) is 6. The van der Waals surface area contributed by atoms with Gasteiger partial charge in [-0.05, 0) is 61.4 Å². The predicted molar refractivity (Wildman–Crippen MR) is 220 cm³/mol. The first-order valence-electron chi connectivity index (χ1n) is 17.7. The zero-order valence-electron chi connectivity index (χ0n) is 29.8. The molecule has 0 radical (unpaired) electrons. The molecule has 6 aromatic rings. The van der Waals surface area contributed by atoms with Gasteiger partial charge in [-0.1, -0.05) is 133 Å². The van der Waals surface area contributed by atoms with Crippen LogP contribution >= 0.6 is 0 Å². The molecule has 0 aliphatic carbocycles. The smallest absolute Gasteiger partial charge is 0.282 e. The van der Waals surface area contributed by atoms with Gasteiger partial charge in [-0.2, -0.15) is 20.2 Å². The van der Waals surface area contributed by atoms with E-state index < -0.39 is 0 Å². The Morgan fingerprint density at radius 1 is 0.426 bits per heavy atom. The van der Waals surface area contributed by atoms with E-state index in [2.05, 4.69) is 20.8 Å². The van der Waals surface area contributed by atoms with Gasteiger partial charge in [-0.25, -0.2) is 0 Å². The summed E-state index contributed by atoms with van der Waals surface area (Å²) in [5.74, 6) is -0.432. The van der Waals surface area contributed by atoms with E-state index in [1.54, 1.807) is 0 Å². The van der Waals surface area contributed by atoms with Gasteiger partial charge < -0.3 is 10.6 Å². The fourth-order valence-corrected chi connectivity index (χ4v) is 6.77. The zero-order chi connectivity index (χ0) is 37.0. The predicted octanol–water partition coefficient (Wildman–Crippen LogP) is 9.85. The zero-order valence-corrected chi connectivity index (χ0v) is 29.8. The van der Waals surface area contributed by atoms with Crippen LogP contribution in [0.15, 0.2) is 191 Å². The average Bonchev–Trinajstić information content (AvgIpc) is 3.69. The van der Waals surface area contributed by atoms with Crippen LogP contribution < -0.4 is 20.7 Å². The highest BCUT2D eigenvalue weighted by Crippen LogP contribution is 2.39. The van der Waals surface area contributed by atoms with Gasteiger partial charge in [0.15, 0.2) is 0 Å². The second-order valence-corrected chi connectivity index (χ2v) is 12.8. The first kappa shape index (κ1) is 33.8. The fourth-order valence-electron chi connectivity index (χ4n) is 6.77. The van der Waals surface area contributed by atoms with Crippen molar-refractivity contribution in [2.75, 3.05) is 20.7 Å². The number of carbonyl (C=O) groups is 2. The van der Waals surface area contributed by atoms with Crippen LogP contribution in [0, 0.1) is 0 Å². The maximum absolute atomic E-state index is 14.1. The van der Waals surface area contributed by atoms with Crippen LogP contribution in [0.25, 0.3) is 22.5 Å². The standard InChI is InChI=1S/C46H36N6O2/c1-31-41(45(53)51(49-31)35-23-11-5-12-24-35)43(33-19-7-3-8-20-33)47-39-29-17-15-27-37(39)38-28-16-18-30-40(38)48-44(34-21-9-4-10-22-34)42-32(2)50-52(46(42)54)36-25-13-6-14-26-36/h3-30,47-48H,1-2H3/b43-41-,44-42-. The topological polar surface area (TPSA) is 89.4 Å². The molecule has 8 rings (SSSR count). The fraction of sp³-hybridized carbons (Fsp3) is 0.0435. The highest BCUT2D eigenvalue weighted by Gasteiger charge is 2.34. The SMILES string of the molecule is CC1=NN(c2ccccc2)C(=O)/C1=C(\Nc1ccccc1-c1ccccc1N/C(=C1\C(=O)N(c2ccccc2)N=C1C)c1ccccc1)c1ccccc1. The Labute approximate surface area is 314 Å². The number of carbonyl (C=O) groups excluding carboxylic acids is 2. The Balaban J connectivity index is 1.22. The molecule has 0 fully saturated rings. The van der Waals surface area contributed by atoms with Crippen molar-refractivity contribution in [1.82, 2.24) is 0 Å². The van der Waals surface area contributed by atoms with Crippen molar-refractivity contribution in [2.24, 2.45) is 10.2 Å². The Morgan fingerprint density at radius 3 is 1.11 bits per heavy atom. The quantitative estimate of drug-likeness (QED) is 0.147. The molecular weight excluding hydrogens is 669 g/mol. The van der Waals surface area contributed by atoms with E-state index in [9.17, 15) is 9.59 Å². The number of hydrogen-bond donors (Lipinski definition) is 2. The summed E-state index contributed by atoms with van der Waals surface area (Å²) in [6, 6.07) is 54.6. The molecule has 0 bridgehead atoms. The summed E-state index contributed by atoms with van der Waals surface area (Å²) in [6.45, 7) is 3.72. The Hall–Kier alpha value is -7.32. The van der Waals surface area contributed by atoms with E-state index in [4.69, 9.17) is 0 Å². The largest absolute Gasteiger partial charge is 0.354 e. The lowest BCUT2D eigenvalue weighted by atomic mass is 9.98. The summed E-state index contributed by atoms with van der Waals surface area (Å²) in [5.41, 5.74) is 9.92. The molecule has 2 N–H and O–H groups in total. The van der Waals surface area contributed by atoms with E-state index in [1.807, 2.05) is 184 Å². The lowest BCUT2D eigenvalue weighted by molar-refractivity contribution is -0.115. The molecule has 0 atom stereocenters. The molecule has 2 aliphatic heterocycles. The van der Waals surface area contributed by atoms with E-state index in [1.165, 1.54) is 10.0 Å². The van der Waals surface area contributed by atoms with Crippen molar-refractivity contribution >= 4 is 57.4 Å². The molecular formula is C46H36N6O2. The number of hydrazone groups is 2. The van der Waals surface area contributed by atoms with Gasteiger partial charge in [-0.15, -0.1) is 0 Å². The molecule has 8 heteroatoms. The third-order valence-corrected chi connectivity index (χ3v) is 9.33. The second-order valence-electron chi connectivity index (χ2n) is 12.8. The monoisotopic (exact) mass is 704 g/mol. The summed E-state index contributed by atoms with van der Waals surface area (Å²) in [6.07, 6.45) is 0. The van der Waals surface area contributed by atoms with Crippen LogP contribution in [0.2, 0.25) is 0 Å². The third-order valence-electron chi connectivity index (χ3n) is 9.33. The minimum Gasteiger partial charge on any atom is -0.354 e. The van der Waals surface area contributed by atoms with E-state index in [0.717, 1.165) is 33.6 Å². The number of nitrogens with zero attached hydrogens (tertiary/aromatic N) is 4.